The van der Waals surface area contributed by atoms with E-state index < -0.39 is 0 Å². The van der Waals surface area contributed by atoms with E-state index in [2.05, 4.69) is 27.4 Å². The van der Waals surface area contributed by atoms with Gasteiger partial charge < -0.3 is 4.74 Å². The molecule has 2 nitrogen and oxygen atoms in total. The maximum Gasteiger partial charge on any atom is 0.306 e. The molecule has 0 spiro atoms. The summed E-state index contributed by atoms with van der Waals surface area (Å²) in [5.74, 6) is 0.557. The van der Waals surface area contributed by atoms with Crippen molar-refractivity contribution in [2.45, 2.75) is 71.3 Å². The van der Waals surface area contributed by atoms with Crippen molar-refractivity contribution in [2.75, 3.05) is 0 Å². The van der Waals surface area contributed by atoms with Crippen LogP contribution in [0.15, 0.2) is 12.2 Å². The smallest absolute Gasteiger partial charge is 0.306 e. The van der Waals surface area contributed by atoms with Crippen LogP contribution in [0.2, 0.25) is 0 Å². The third-order valence-electron chi connectivity index (χ3n) is 4.94. The van der Waals surface area contributed by atoms with Crippen LogP contribution in [0.4, 0.5) is 0 Å². The highest BCUT2D eigenvalue weighted by molar-refractivity contribution is 5.72. The molecule has 18 heavy (non-hydrogen) atoms. The quantitative estimate of drug-likeness (QED) is 0.553. The van der Waals surface area contributed by atoms with Crippen molar-refractivity contribution in [3.8, 4) is 0 Å². The zero-order valence-corrected chi connectivity index (χ0v) is 12.1. The zero-order chi connectivity index (χ0) is 13.4. The number of cyclic esters (lactones) is 1. The first kappa shape index (κ1) is 13.6. The molecule has 1 aliphatic carbocycles. The average Bonchev–Trinajstić information content (AvgIpc) is 2.57. The first-order valence-corrected chi connectivity index (χ1v) is 7.22. The highest BCUT2D eigenvalue weighted by Crippen LogP contribution is 2.46. The summed E-state index contributed by atoms with van der Waals surface area (Å²) < 4.78 is 5.47. The van der Waals surface area contributed by atoms with Crippen molar-refractivity contribution in [1.82, 2.24) is 0 Å². The lowest BCUT2D eigenvalue weighted by atomic mass is 9.64. The molecule has 0 bridgehead atoms. The number of carbonyl (C=O) groups excluding carboxylic acids is 1. The van der Waals surface area contributed by atoms with Gasteiger partial charge in [0.1, 0.15) is 5.60 Å². The van der Waals surface area contributed by atoms with E-state index in [1.165, 1.54) is 24.8 Å². The largest absolute Gasteiger partial charge is 0.459 e. The molecule has 0 amide bonds. The highest BCUT2D eigenvalue weighted by Gasteiger charge is 2.39. The molecule has 0 aromatic rings. The van der Waals surface area contributed by atoms with Crippen molar-refractivity contribution in [3.63, 3.8) is 0 Å². The van der Waals surface area contributed by atoms with E-state index >= 15 is 0 Å². The van der Waals surface area contributed by atoms with Crippen molar-refractivity contribution < 1.29 is 9.53 Å². The van der Waals surface area contributed by atoms with Gasteiger partial charge in [0.25, 0.3) is 0 Å². The Labute approximate surface area is 111 Å². The lowest BCUT2D eigenvalue weighted by Crippen LogP contribution is -2.32. The summed E-state index contributed by atoms with van der Waals surface area (Å²) in [5.41, 5.74) is 1.54. The zero-order valence-electron chi connectivity index (χ0n) is 12.1. The molecule has 0 aromatic heterocycles. The third-order valence-corrected chi connectivity index (χ3v) is 4.94. The lowest BCUT2D eigenvalue weighted by molar-refractivity contribution is -0.147. The highest BCUT2D eigenvalue weighted by atomic mass is 16.6. The minimum atomic E-state index is -0.217. The van der Waals surface area contributed by atoms with Crippen molar-refractivity contribution >= 4 is 5.97 Å². The van der Waals surface area contributed by atoms with E-state index in [-0.39, 0.29) is 11.6 Å². The fourth-order valence-electron chi connectivity index (χ4n) is 3.64. The van der Waals surface area contributed by atoms with Crippen LogP contribution in [0.25, 0.3) is 0 Å². The Morgan fingerprint density at radius 3 is 2.56 bits per heavy atom. The molecule has 2 atom stereocenters. The van der Waals surface area contributed by atoms with E-state index in [0.717, 1.165) is 19.3 Å². The molecule has 1 saturated heterocycles. The molecule has 2 heteroatoms. The van der Waals surface area contributed by atoms with Crippen LogP contribution >= 0.6 is 0 Å². The van der Waals surface area contributed by atoms with E-state index in [4.69, 9.17) is 4.74 Å². The van der Waals surface area contributed by atoms with E-state index in [0.29, 0.717) is 17.8 Å². The summed E-state index contributed by atoms with van der Waals surface area (Å²) in [6, 6.07) is 0. The number of hydrogen-bond acceptors (Lipinski definition) is 2. The Balaban J connectivity index is 1.96. The van der Waals surface area contributed by atoms with Gasteiger partial charge in [0.05, 0.1) is 0 Å². The Morgan fingerprint density at radius 1 is 1.28 bits per heavy atom. The summed E-state index contributed by atoms with van der Waals surface area (Å²) in [4.78, 5) is 11.3. The van der Waals surface area contributed by atoms with Gasteiger partial charge >= 0.3 is 5.97 Å². The number of rotatable bonds is 3. The lowest BCUT2D eigenvalue weighted by Gasteiger charge is -2.41. The number of carbonyl (C=O) groups is 1. The second-order valence-corrected chi connectivity index (χ2v) is 7.02. The summed E-state index contributed by atoms with van der Waals surface area (Å²) in [6.45, 7) is 11.1. The number of allylic oxidation sites excluding steroid dienone is 1. The van der Waals surface area contributed by atoms with Gasteiger partial charge in [0.2, 0.25) is 0 Å². The molecule has 1 heterocycles. The van der Waals surface area contributed by atoms with Crippen LogP contribution in [-0.2, 0) is 9.53 Å². The van der Waals surface area contributed by atoms with Crippen LogP contribution in [0.1, 0.15) is 65.7 Å². The van der Waals surface area contributed by atoms with Gasteiger partial charge in [-0.25, -0.2) is 0 Å². The van der Waals surface area contributed by atoms with Gasteiger partial charge in [-0.3, -0.25) is 4.79 Å². The SMILES string of the molecule is C=C1CCCC(C)(C)C1CC[C@]1(C)CCC(=O)O1. The normalized spacial score (nSPS) is 35.6. The predicted octanol–water partition coefficient (Wildman–Crippen LogP) is 4.24. The maximum atomic E-state index is 11.3. The van der Waals surface area contributed by atoms with E-state index in [1.54, 1.807) is 0 Å². The molecular formula is C16H26O2. The first-order valence-electron chi connectivity index (χ1n) is 7.22. The summed E-state index contributed by atoms with van der Waals surface area (Å²) >= 11 is 0. The molecule has 1 saturated carbocycles. The van der Waals surface area contributed by atoms with Crippen molar-refractivity contribution in [1.29, 1.82) is 0 Å². The van der Waals surface area contributed by atoms with Crippen LogP contribution in [-0.4, -0.2) is 11.6 Å². The number of esters is 1. The summed E-state index contributed by atoms with van der Waals surface area (Å²) in [6.07, 6.45) is 7.28. The molecule has 2 fully saturated rings. The molecule has 0 aromatic carbocycles. The first-order chi connectivity index (χ1) is 8.32. The van der Waals surface area contributed by atoms with Gasteiger partial charge in [-0.1, -0.05) is 26.0 Å². The Hall–Kier alpha value is -0.790. The van der Waals surface area contributed by atoms with E-state index in [9.17, 15) is 4.79 Å². The van der Waals surface area contributed by atoms with Gasteiger partial charge in [-0.15, -0.1) is 0 Å². The molecule has 1 aliphatic heterocycles. The Morgan fingerprint density at radius 2 is 2.00 bits per heavy atom. The van der Waals surface area contributed by atoms with Crippen LogP contribution in [0.5, 0.6) is 0 Å². The topological polar surface area (TPSA) is 26.3 Å². The predicted molar refractivity (Wildman–Crippen MR) is 73.2 cm³/mol. The summed E-state index contributed by atoms with van der Waals surface area (Å²) in [5, 5.41) is 0. The maximum absolute atomic E-state index is 11.3. The number of hydrogen-bond donors (Lipinski definition) is 0. The molecular weight excluding hydrogens is 224 g/mol. The van der Waals surface area contributed by atoms with Crippen LogP contribution in [0, 0.1) is 11.3 Å². The Bertz CT molecular complexity index is 356. The average molecular weight is 250 g/mol. The van der Waals surface area contributed by atoms with Gasteiger partial charge in [-0.05, 0) is 56.8 Å². The van der Waals surface area contributed by atoms with Gasteiger partial charge in [0.15, 0.2) is 0 Å². The van der Waals surface area contributed by atoms with Crippen LogP contribution in [0.3, 0.4) is 0 Å². The standard InChI is InChI=1S/C16H26O2/c1-12-6-5-9-15(2,3)13(12)7-10-16(4)11-8-14(17)18-16/h13H,1,5-11H2,2-4H3/t13?,16-/m1/s1. The molecule has 0 radical (unpaired) electrons. The fraction of sp³-hybridized carbons (Fsp3) is 0.812. The molecule has 0 N–H and O–H groups in total. The summed E-state index contributed by atoms with van der Waals surface area (Å²) in [7, 11) is 0. The van der Waals surface area contributed by atoms with Gasteiger partial charge in [-0.2, -0.15) is 0 Å². The van der Waals surface area contributed by atoms with Crippen molar-refractivity contribution in [2.24, 2.45) is 11.3 Å². The van der Waals surface area contributed by atoms with Crippen LogP contribution < -0.4 is 0 Å². The molecule has 2 rings (SSSR count). The Kier molecular flexibility index (Phi) is 3.57. The third kappa shape index (κ3) is 2.78. The minimum absolute atomic E-state index is 0.0285. The monoisotopic (exact) mass is 250 g/mol. The fourth-order valence-corrected chi connectivity index (χ4v) is 3.64. The van der Waals surface area contributed by atoms with Crippen molar-refractivity contribution in [3.05, 3.63) is 12.2 Å². The van der Waals surface area contributed by atoms with E-state index in [1.807, 2.05) is 0 Å². The minimum Gasteiger partial charge on any atom is -0.459 e. The second-order valence-electron chi connectivity index (χ2n) is 7.02. The van der Waals surface area contributed by atoms with Gasteiger partial charge in [0, 0.05) is 6.42 Å². The second kappa shape index (κ2) is 4.71. The molecule has 1 unspecified atom stereocenters. The number of ether oxygens (including phenoxy) is 1. The molecule has 2 aliphatic rings. The molecule has 102 valence electrons.